The molecule has 8 heteroatoms. The Bertz CT molecular complexity index is 637. The van der Waals surface area contributed by atoms with Crippen molar-refractivity contribution >= 4 is 0 Å². The second-order valence-corrected chi connectivity index (χ2v) is 4.96. The lowest BCUT2D eigenvalue weighted by molar-refractivity contribution is -0.140. The van der Waals surface area contributed by atoms with Gasteiger partial charge in [-0.15, -0.1) is 0 Å². The SMILES string of the molecule is Cc1ccc(F)c(C(F)(F)F)c1.Cc1ccc(F)c(C(F)(F)F)c1. The summed E-state index contributed by atoms with van der Waals surface area (Å²) >= 11 is 0. The van der Waals surface area contributed by atoms with Crippen LogP contribution in [-0.2, 0) is 12.4 Å². The molecule has 0 heterocycles. The van der Waals surface area contributed by atoms with E-state index >= 15 is 0 Å². The molecule has 0 N–H and O–H groups in total. The van der Waals surface area contributed by atoms with Crippen LogP contribution in [0.1, 0.15) is 22.3 Å². The van der Waals surface area contributed by atoms with Crippen LogP contribution in [0, 0.1) is 25.5 Å². The number of hydrogen-bond donors (Lipinski definition) is 0. The Kier molecular flexibility index (Phi) is 5.97. The lowest BCUT2D eigenvalue weighted by Crippen LogP contribution is -2.08. The molecule has 0 aliphatic rings. The molecule has 0 atom stereocenters. The summed E-state index contributed by atoms with van der Waals surface area (Å²) in [7, 11) is 0. The van der Waals surface area contributed by atoms with E-state index in [1.165, 1.54) is 26.0 Å². The summed E-state index contributed by atoms with van der Waals surface area (Å²) in [6.45, 7) is 2.96. The average molecular weight is 356 g/mol. The number of benzene rings is 2. The Labute approximate surface area is 132 Å². The monoisotopic (exact) mass is 356 g/mol. The first-order valence-electron chi connectivity index (χ1n) is 6.49. The summed E-state index contributed by atoms with van der Waals surface area (Å²) in [5, 5.41) is 0. The topological polar surface area (TPSA) is 0 Å². The van der Waals surface area contributed by atoms with E-state index in [-0.39, 0.29) is 0 Å². The van der Waals surface area contributed by atoms with Crippen LogP contribution >= 0.6 is 0 Å². The van der Waals surface area contributed by atoms with Crippen molar-refractivity contribution < 1.29 is 35.1 Å². The highest BCUT2D eigenvalue weighted by molar-refractivity contribution is 5.27. The van der Waals surface area contributed by atoms with Crippen molar-refractivity contribution in [1.82, 2.24) is 0 Å². The average Bonchev–Trinajstić information content (AvgIpc) is 2.42. The fraction of sp³-hybridized carbons (Fsp3) is 0.250. The third kappa shape index (κ3) is 5.50. The van der Waals surface area contributed by atoms with Crippen molar-refractivity contribution in [2.24, 2.45) is 0 Å². The number of aryl methyl sites for hydroxylation is 2. The van der Waals surface area contributed by atoms with Crippen LogP contribution in [0.2, 0.25) is 0 Å². The zero-order valence-electron chi connectivity index (χ0n) is 12.5. The first-order valence-corrected chi connectivity index (χ1v) is 6.49. The third-order valence-corrected chi connectivity index (χ3v) is 2.85. The van der Waals surface area contributed by atoms with Crippen LogP contribution in [0.5, 0.6) is 0 Å². The molecule has 0 aliphatic heterocycles. The molecular formula is C16H12F8. The summed E-state index contributed by atoms with van der Waals surface area (Å²) in [5.74, 6) is -2.46. The summed E-state index contributed by atoms with van der Waals surface area (Å²) < 4.78 is 97.0. The van der Waals surface area contributed by atoms with Crippen LogP contribution in [0.15, 0.2) is 36.4 Å². The number of alkyl halides is 6. The van der Waals surface area contributed by atoms with E-state index in [4.69, 9.17) is 0 Å². The Morgan fingerprint density at radius 2 is 0.875 bits per heavy atom. The van der Waals surface area contributed by atoms with Crippen LogP contribution in [0.3, 0.4) is 0 Å². The second kappa shape index (κ2) is 7.19. The number of rotatable bonds is 0. The summed E-state index contributed by atoms with van der Waals surface area (Å²) in [6, 6.07) is 5.80. The molecule has 0 aromatic heterocycles. The molecule has 0 aliphatic carbocycles. The minimum absolute atomic E-state index is 0.392. The maximum atomic E-state index is 12.5. The molecular weight excluding hydrogens is 344 g/mol. The molecule has 0 bridgehead atoms. The van der Waals surface area contributed by atoms with Crippen molar-refractivity contribution in [3.8, 4) is 0 Å². The van der Waals surface area contributed by atoms with E-state index in [0.717, 1.165) is 24.3 Å². The molecule has 0 saturated heterocycles. The Morgan fingerprint density at radius 3 is 1.08 bits per heavy atom. The van der Waals surface area contributed by atoms with Gasteiger partial charge in [-0.25, -0.2) is 8.78 Å². The van der Waals surface area contributed by atoms with Crippen LogP contribution < -0.4 is 0 Å². The summed E-state index contributed by atoms with van der Waals surface area (Å²) in [6.07, 6.45) is -9.20. The van der Waals surface area contributed by atoms with Gasteiger partial charge >= 0.3 is 12.4 Å². The van der Waals surface area contributed by atoms with Crippen molar-refractivity contribution in [2.75, 3.05) is 0 Å². The molecule has 0 spiro atoms. The molecule has 132 valence electrons. The van der Waals surface area contributed by atoms with Crippen molar-refractivity contribution in [3.05, 3.63) is 70.3 Å². The van der Waals surface area contributed by atoms with E-state index in [2.05, 4.69) is 0 Å². The van der Waals surface area contributed by atoms with Gasteiger partial charge in [0.15, 0.2) is 0 Å². The van der Waals surface area contributed by atoms with Gasteiger partial charge in [-0.3, -0.25) is 0 Å². The van der Waals surface area contributed by atoms with Crippen molar-refractivity contribution in [2.45, 2.75) is 26.2 Å². The number of hydrogen-bond acceptors (Lipinski definition) is 0. The maximum absolute atomic E-state index is 12.5. The summed E-state index contributed by atoms with van der Waals surface area (Å²) in [5.41, 5.74) is -1.63. The van der Waals surface area contributed by atoms with Gasteiger partial charge in [0.05, 0.1) is 11.1 Å². The fourth-order valence-corrected chi connectivity index (χ4v) is 1.71. The van der Waals surface area contributed by atoms with E-state index in [1.807, 2.05) is 0 Å². The molecule has 2 rings (SSSR count). The van der Waals surface area contributed by atoms with E-state index in [0.29, 0.717) is 11.1 Å². The first kappa shape index (κ1) is 19.9. The molecule has 0 unspecified atom stereocenters. The predicted octanol–water partition coefficient (Wildman–Crippen LogP) is 6.31. The highest BCUT2D eigenvalue weighted by atomic mass is 19.4. The van der Waals surface area contributed by atoms with Crippen LogP contribution in [0.25, 0.3) is 0 Å². The Morgan fingerprint density at radius 1 is 0.583 bits per heavy atom. The zero-order chi connectivity index (χ0) is 18.7. The van der Waals surface area contributed by atoms with E-state index in [9.17, 15) is 35.1 Å². The molecule has 0 radical (unpaired) electrons. The van der Waals surface area contributed by atoms with Crippen LogP contribution in [0.4, 0.5) is 35.1 Å². The highest BCUT2D eigenvalue weighted by Crippen LogP contribution is 2.32. The maximum Gasteiger partial charge on any atom is 0.419 e. The highest BCUT2D eigenvalue weighted by Gasteiger charge is 2.34. The minimum atomic E-state index is -4.60. The molecule has 0 saturated carbocycles. The Hall–Kier alpha value is -2.12. The quantitative estimate of drug-likeness (QED) is 0.486. The van der Waals surface area contributed by atoms with Gasteiger partial charge in [-0.2, -0.15) is 26.3 Å². The molecule has 24 heavy (non-hydrogen) atoms. The molecule has 2 aromatic rings. The van der Waals surface area contributed by atoms with Gasteiger partial charge in [0.1, 0.15) is 11.6 Å². The molecule has 2 aromatic carbocycles. The number of halogens is 8. The van der Waals surface area contributed by atoms with Gasteiger partial charge < -0.3 is 0 Å². The van der Waals surface area contributed by atoms with Gasteiger partial charge in [0, 0.05) is 0 Å². The predicted molar refractivity (Wildman–Crippen MR) is 72.3 cm³/mol. The standard InChI is InChI=1S/2C8H6F4/c2*1-5-2-3-7(9)6(4-5)8(10,11)12/h2*2-4H,1H3. The fourth-order valence-electron chi connectivity index (χ4n) is 1.71. The smallest absolute Gasteiger partial charge is 0.206 e. The van der Waals surface area contributed by atoms with Gasteiger partial charge in [-0.05, 0) is 38.1 Å². The summed E-state index contributed by atoms with van der Waals surface area (Å²) in [4.78, 5) is 0. The van der Waals surface area contributed by atoms with Crippen molar-refractivity contribution in [3.63, 3.8) is 0 Å². The van der Waals surface area contributed by atoms with Gasteiger partial charge in [0.2, 0.25) is 0 Å². The molecule has 0 fully saturated rings. The van der Waals surface area contributed by atoms with E-state index < -0.39 is 35.1 Å². The first-order chi connectivity index (χ1) is 10.8. The lowest BCUT2D eigenvalue weighted by Gasteiger charge is -2.07. The van der Waals surface area contributed by atoms with Crippen LogP contribution in [-0.4, -0.2) is 0 Å². The lowest BCUT2D eigenvalue weighted by atomic mass is 10.1. The molecule has 0 nitrogen and oxygen atoms in total. The largest absolute Gasteiger partial charge is 0.419 e. The zero-order valence-corrected chi connectivity index (χ0v) is 12.5. The van der Waals surface area contributed by atoms with Gasteiger partial charge in [-0.1, -0.05) is 23.3 Å². The van der Waals surface area contributed by atoms with Gasteiger partial charge in [0.25, 0.3) is 0 Å². The van der Waals surface area contributed by atoms with Crippen molar-refractivity contribution in [1.29, 1.82) is 0 Å². The second-order valence-electron chi connectivity index (χ2n) is 4.96. The molecule has 0 amide bonds. The Balaban J connectivity index is 0.000000240. The normalized spacial score (nSPS) is 11.8. The van der Waals surface area contributed by atoms with E-state index in [1.54, 1.807) is 0 Å². The third-order valence-electron chi connectivity index (χ3n) is 2.85. The minimum Gasteiger partial charge on any atom is -0.206 e.